The van der Waals surface area contributed by atoms with Gasteiger partial charge in [0.05, 0.1) is 30.3 Å². The lowest BCUT2D eigenvalue weighted by Crippen LogP contribution is -2.08. The third kappa shape index (κ3) is 3.83. The highest BCUT2D eigenvalue weighted by molar-refractivity contribution is 5.90. The zero-order chi connectivity index (χ0) is 18.5. The molecule has 0 atom stereocenters. The summed E-state index contributed by atoms with van der Waals surface area (Å²) in [7, 11) is 5.41. The smallest absolute Gasteiger partial charge is 0.337 e. The molecule has 2 aromatic carbocycles. The van der Waals surface area contributed by atoms with E-state index in [0.717, 1.165) is 17.1 Å². The van der Waals surface area contributed by atoms with Crippen LogP contribution in [0.5, 0.6) is 0 Å². The summed E-state index contributed by atoms with van der Waals surface area (Å²) in [6, 6.07) is 19.3. The standard InChI is InChI=1S/C21H21N3O2/c1-23(2)18-9-11-19(12-10-18)24-13-5-8-20(24)15-22-17-7-4-6-16(14-17)21(25)26-3/h4-15H,1-3H3. The number of carbonyl (C=O) groups is 1. The second kappa shape index (κ2) is 7.70. The number of nitrogens with zero attached hydrogens (tertiary/aromatic N) is 3. The number of aromatic nitrogens is 1. The minimum absolute atomic E-state index is 0.369. The number of methoxy groups -OCH3 is 1. The van der Waals surface area contributed by atoms with E-state index in [1.54, 1.807) is 24.4 Å². The van der Waals surface area contributed by atoms with Gasteiger partial charge in [0.15, 0.2) is 0 Å². The maximum atomic E-state index is 11.6. The molecule has 0 fully saturated rings. The number of rotatable bonds is 5. The number of anilines is 1. The maximum absolute atomic E-state index is 11.6. The number of benzene rings is 2. The van der Waals surface area contributed by atoms with Gasteiger partial charge in [0.1, 0.15) is 0 Å². The van der Waals surface area contributed by atoms with Crippen LogP contribution in [-0.2, 0) is 4.74 Å². The highest BCUT2D eigenvalue weighted by Gasteiger charge is 2.05. The number of carbonyl (C=O) groups excluding carboxylic acids is 1. The van der Waals surface area contributed by atoms with Crippen LogP contribution in [0.4, 0.5) is 11.4 Å². The predicted molar refractivity (Wildman–Crippen MR) is 105 cm³/mol. The second-order valence-electron chi connectivity index (χ2n) is 6.01. The number of aliphatic imine (C=N–C) groups is 1. The molecule has 3 rings (SSSR count). The Balaban J connectivity index is 1.85. The highest BCUT2D eigenvalue weighted by atomic mass is 16.5. The Kier molecular flexibility index (Phi) is 5.17. The molecule has 0 saturated heterocycles. The van der Waals surface area contributed by atoms with Crippen molar-refractivity contribution in [1.82, 2.24) is 4.57 Å². The van der Waals surface area contributed by atoms with Crippen molar-refractivity contribution in [3.05, 3.63) is 78.1 Å². The van der Waals surface area contributed by atoms with E-state index in [-0.39, 0.29) is 5.97 Å². The average Bonchev–Trinajstić information content (AvgIpc) is 3.14. The van der Waals surface area contributed by atoms with E-state index in [4.69, 9.17) is 4.74 Å². The summed E-state index contributed by atoms with van der Waals surface area (Å²) in [5.41, 5.74) is 4.34. The summed E-state index contributed by atoms with van der Waals surface area (Å²) in [6.45, 7) is 0. The van der Waals surface area contributed by atoms with Gasteiger partial charge in [0.2, 0.25) is 0 Å². The summed E-state index contributed by atoms with van der Waals surface area (Å²) in [5.74, 6) is -0.369. The van der Waals surface area contributed by atoms with E-state index >= 15 is 0 Å². The zero-order valence-electron chi connectivity index (χ0n) is 15.1. The topological polar surface area (TPSA) is 46.8 Å². The minimum Gasteiger partial charge on any atom is -0.465 e. The van der Waals surface area contributed by atoms with Gasteiger partial charge in [-0.1, -0.05) is 6.07 Å². The molecular weight excluding hydrogens is 326 g/mol. The van der Waals surface area contributed by atoms with Crippen molar-refractivity contribution in [1.29, 1.82) is 0 Å². The van der Waals surface area contributed by atoms with Crippen molar-refractivity contribution < 1.29 is 9.53 Å². The van der Waals surface area contributed by atoms with E-state index < -0.39 is 0 Å². The fourth-order valence-electron chi connectivity index (χ4n) is 2.62. The third-order valence-corrected chi connectivity index (χ3v) is 4.04. The lowest BCUT2D eigenvalue weighted by Gasteiger charge is -2.13. The largest absolute Gasteiger partial charge is 0.465 e. The van der Waals surface area contributed by atoms with Crippen LogP contribution >= 0.6 is 0 Å². The van der Waals surface area contributed by atoms with Gasteiger partial charge >= 0.3 is 5.97 Å². The van der Waals surface area contributed by atoms with E-state index in [1.807, 2.05) is 38.5 Å². The van der Waals surface area contributed by atoms with Crippen molar-refractivity contribution in [2.24, 2.45) is 4.99 Å². The quantitative estimate of drug-likeness (QED) is 0.516. The molecule has 1 aromatic heterocycles. The molecule has 0 aliphatic heterocycles. The van der Waals surface area contributed by atoms with E-state index in [0.29, 0.717) is 11.3 Å². The Hall–Kier alpha value is -3.34. The SMILES string of the molecule is COC(=O)c1cccc(N=Cc2cccn2-c2ccc(N(C)C)cc2)c1. The van der Waals surface area contributed by atoms with Crippen LogP contribution in [0.15, 0.2) is 71.9 Å². The molecule has 0 bridgehead atoms. The van der Waals surface area contributed by atoms with Crippen molar-refractivity contribution >= 4 is 23.6 Å². The first-order valence-electron chi connectivity index (χ1n) is 8.26. The van der Waals surface area contributed by atoms with Crippen LogP contribution in [0, 0.1) is 0 Å². The molecule has 0 unspecified atom stereocenters. The van der Waals surface area contributed by atoms with Gasteiger partial charge in [-0.3, -0.25) is 4.99 Å². The Morgan fingerprint density at radius 3 is 2.54 bits per heavy atom. The van der Waals surface area contributed by atoms with Crippen LogP contribution in [0.25, 0.3) is 5.69 Å². The van der Waals surface area contributed by atoms with Gasteiger partial charge in [-0.15, -0.1) is 0 Å². The van der Waals surface area contributed by atoms with Crippen LogP contribution in [0.3, 0.4) is 0 Å². The first-order chi connectivity index (χ1) is 12.6. The highest BCUT2D eigenvalue weighted by Crippen LogP contribution is 2.19. The number of hydrogen-bond donors (Lipinski definition) is 0. The zero-order valence-corrected chi connectivity index (χ0v) is 15.1. The van der Waals surface area contributed by atoms with Crippen LogP contribution in [0.2, 0.25) is 0 Å². The van der Waals surface area contributed by atoms with Crippen molar-refractivity contribution in [2.75, 3.05) is 26.1 Å². The number of esters is 1. The van der Waals surface area contributed by atoms with E-state index in [9.17, 15) is 4.79 Å². The summed E-state index contributed by atoms with van der Waals surface area (Å²) in [6.07, 6.45) is 3.78. The van der Waals surface area contributed by atoms with Gasteiger partial charge in [-0.2, -0.15) is 0 Å². The van der Waals surface area contributed by atoms with Gasteiger partial charge in [0, 0.05) is 31.7 Å². The van der Waals surface area contributed by atoms with Crippen molar-refractivity contribution in [2.45, 2.75) is 0 Å². The van der Waals surface area contributed by atoms with Crippen molar-refractivity contribution in [3.8, 4) is 5.69 Å². The molecular formula is C21H21N3O2. The molecule has 0 spiro atoms. The molecule has 1 heterocycles. The first kappa shape index (κ1) is 17.5. The second-order valence-corrected chi connectivity index (χ2v) is 6.01. The molecule has 0 aliphatic rings. The molecule has 0 saturated carbocycles. The number of ether oxygens (including phenoxy) is 1. The molecule has 0 amide bonds. The maximum Gasteiger partial charge on any atom is 0.337 e. The molecule has 3 aromatic rings. The van der Waals surface area contributed by atoms with Gasteiger partial charge in [-0.05, 0) is 54.6 Å². The first-order valence-corrected chi connectivity index (χ1v) is 8.26. The average molecular weight is 347 g/mol. The van der Waals surface area contributed by atoms with Gasteiger partial charge in [-0.25, -0.2) is 4.79 Å². The normalized spacial score (nSPS) is 10.9. The van der Waals surface area contributed by atoms with Crippen molar-refractivity contribution in [3.63, 3.8) is 0 Å². The minimum atomic E-state index is -0.369. The monoisotopic (exact) mass is 347 g/mol. The Bertz CT molecular complexity index is 924. The van der Waals surface area contributed by atoms with Gasteiger partial charge < -0.3 is 14.2 Å². The van der Waals surface area contributed by atoms with E-state index in [1.165, 1.54) is 7.11 Å². The summed E-state index contributed by atoms with van der Waals surface area (Å²) >= 11 is 0. The molecule has 5 heteroatoms. The molecule has 5 nitrogen and oxygen atoms in total. The van der Waals surface area contributed by atoms with Gasteiger partial charge in [0.25, 0.3) is 0 Å². The van der Waals surface area contributed by atoms with E-state index in [2.05, 4.69) is 38.7 Å². The fraction of sp³-hybridized carbons (Fsp3) is 0.143. The summed E-state index contributed by atoms with van der Waals surface area (Å²) in [5, 5.41) is 0. The summed E-state index contributed by atoms with van der Waals surface area (Å²) < 4.78 is 6.81. The Morgan fingerprint density at radius 1 is 1.08 bits per heavy atom. The van der Waals surface area contributed by atoms with Crippen LogP contribution < -0.4 is 4.90 Å². The lowest BCUT2D eigenvalue weighted by atomic mass is 10.2. The van der Waals surface area contributed by atoms with Crippen LogP contribution in [0.1, 0.15) is 16.1 Å². The predicted octanol–water partition coefficient (Wildman–Crippen LogP) is 4.08. The molecule has 0 aliphatic carbocycles. The third-order valence-electron chi connectivity index (χ3n) is 4.04. The fourth-order valence-corrected chi connectivity index (χ4v) is 2.62. The Morgan fingerprint density at radius 2 is 1.85 bits per heavy atom. The lowest BCUT2D eigenvalue weighted by molar-refractivity contribution is 0.0601. The number of hydrogen-bond acceptors (Lipinski definition) is 4. The summed E-state index contributed by atoms with van der Waals surface area (Å²) in [4.78, 5) is 18.2. The molecule has 0 radical (unpaired) electrons. The molecule has 26 heavy (non-hydrogen) atoms. The molecule has 132 valence electrons. The Labute approximate surface area is 153 Å². The molecule has 0 N–H and O–H groups in total. The van der Waals surface area contributed by atoms with Crippen LogP contribution in [-0.4, -0.2) is 38.0 Å².